The van der Waals surface area contributed by atoms with Crippen LogP contribution in [-0.4, -0.2) is 22.9 Å². The van der Waals surface area contributed by atoms with Crippen LogP contribution in [0.1, 0.15) is 37.9 Å². The highest BCUT2D eigenvalue weighted by Crippen LogP contribution is 2.14. The van der Waals surface area contributed by atoms with Crippen LogP contribution in [0.2, 0.25) is 0 Å². The molecule has 0 spiro atoms. The first-order valence-corrected chi connectivity index (χ1v) is 7.41. The van der Waals surface area contributed by atoms with Gasteiger partial charge in [0.2, 0.25) is 0 Å². The molecule has 18 heavy (non-hydrogen) atoms. The Morgan fingerprint density at radius 3 is 2.61 bits per heavy atom. The predicted molar refractivity (Wildman–Crippen MR) is 73.6 cm³/mol. The first-order chi connectivity index (χ1) is 8.68. The summed E-state index contributed by atoms with van der Waals surface area (Å²) in [5.74, 6) is 0.776. The molecule has 1 aromatic rings. The molecule has 1 aliphatic rings. The number of hydrogen-bond donors (Lipinski definition) is 2. The molecule has 3 N–H and O–H groups in total. The van der Waals surface area contributed by atoms with Gasteiger partial charge in [-0.15, -0.1) is 11.8 Å². The molecule has 1 aromatic heterocycles. The van der Waals surface area contributed by atoms with Gasteiger partial charge in [0.15, 0.2) is 0 Å². The summed E-state index contributed by atoms with van der Waals surface area (Å²) in [5.41, 5.74) is 5.63. The Kier molecular flexibility index (Phi) is 7.60. The van der Waals surface area contributed by atoms with Crippen LogP contribution in [0.3, 0.4) is 0 Å². The van der Waals surface area contributed by atoms with Gasteiger partial charge in [-0.2, -0.15) is 0 Å². The van der Waals surface area contributed by atoms with E-state index >= 15 is 0 Å². The number of rotatable bonds is 4. The van der Waals surface area contributed by atoms with E-state index in [9.17, 15) is 4.79 Å². The summed E-state index contributed by atoms with van der Waals surface area (Å²) in [6.07, 6.45) is 8.24. The molecule has 0 saturated heterocycles. The summed E-state index contributed by atoms with van der Waals surface area (Å²) in [7, 11) is 0. The van der Waals surface area contributed by atoms with E-state index < -0.39 is 5.97 Å². The summed E-state index contributed by atoms with van der Waals surface area (Å²) < 4.78 is 5.00. The topological polar surface area (TPSA) is 76.5 Å². The van der Waals surface area contributed by atoms with Gasteiger partial charge in [-0.3, -0.25) is 4.79 Å². The first kappa shape index (κ1) is 15.1. The van der Waals surface area contributed by atoms with E-state index in [4.69, 9.17) is 15.3 Å². The van der Waals surface area contributed by atoms with Crippen LogP contribution >= 0.6 is 11.8 Å². The van der Waals surface area contributed by atoms with Crippen LogP contribution in [0.15, 0.2) is 22.8 Å². The average Bonchev–Trinajstić information content (AvgIpc) is 2.83. The van der Waals surface area contributed by atoms with Gasteiger partial charge in [-0.05, 0) is 25.0 Å². The predicted octanol–water partition coefficient (Wildman–Crippen LogP) is 2.88. The van der Waals surface area contributed by atoms with Gasteiger partial charge in [-0.1, -0.05) is 19.3 Å². The molecule has 1 saturated carbocycles. The van der Waals surface area contributed by atoms with Crippen LogP contribution in [0.25, 0.3) is 0 Å². The van der Waals surface area contributed by atoms with Gasteiger partial charge in [0.05, 0.1) is 17.8 Å². The number of hydrogen-bond acceptors (Lipinski definition) is 4. The third kappa shape index (κ3) is 7.40. The summed E-state index contributed by atoms with van der Waals surface area (Å²) in [5, 5.41) is 8.29. The molecule has 1 aliphatic carbocycles. The number of aliphatic carboxylic acids is 1. The molecule has 0 radical (unpaired) electrons. The fourth-order valence-corrected chi connectivity index (χ4v) is 2.41. The summed E-state index contributed by atoms with van der Waals surface area (Å²) >= 11 is 1.33. The maximum atomic E-state index is 10.1. The van der Waals surface area contributed by atoms with Crippen molar-refractivity contribution in [2.45, 2.75) is 43.9 Å². The third-order valence-electron chi connectivity index (χ3n) is 2.70. The Balaban J connectivity index is 0.000000199. The largest absolute Gasteiger partial charge is 0.481 e. The summed E-state index contributed by atoms with van der Waals surface area (Å²) in [4.78, 5) is 10.1. The molecule has 0 unspecified atom stereocenters. The monoisotopic (exact) mass is 271 g/mol. The van der Waals surface area contributed by atoms with E-state index in [1.807, 2.05) is 6.07 Å². The van der Waals surface area contributed by atoms with E-state index in [0.29, 0.717) is 11.8 Å². The maximum absolute atomic E-state index is 10.1. The second-order valence-electron chi connectivity index (χ2n) is 4.36. The normalized spacial score (nSPS) is 15.8. The van der Waals surface area contributed by atoms with Crippen molar-refractivity contribution >= 4 is 17.7 Å². The van der Waals surface area contributed by atoms with Crippen LogP contribution < -0.4 is 5.73 Å². The van der Waals surface area contributed by atoms with Crippen LogP contribution in [0.4, 0.5) is 0 Å². The minimum atomic E-state index is -0.790. The van der Waals surface area contributed by atoms with Crippen LogP contribution in [0, 0.1) is 0 Å². The lowest BCUT2D eigenvalue weighted by atomic mass is 9.97. The number of carboxylic acid groups (broad SMARTS) is 1. The van der Waals surface area contributed by atoms with Crippen molar-refractivity contribution in [2.75, 3.05) is 5.75 Å². The highest BCUT2D eigenvalue weighted by molar-refractivity contribution is 7.99. The van der Waals surface area contributed by atoms with Gasteiger partial charge in [0.1, 0.15) is 5.76 Å². The van der Waals surface area contributed by atoms with E-state index in [0.717, 1.165) is 5.76 Å². The highest BCUT2D eigenvalue weighted by atomic mass is 32.2. The number of thioether (sulfide) groups is 1. The molecule has 4 nitrogen and oxygen atoms in total. The van der Waals surface area contributed by atoms with Crippen molar-refractivity contribution in [1.29, 1.82) is 0 Å². The lowest BCUT2D eigenvalue weighted by molar-refractivity contribution is -0.133. The molecule has 1 fully saturated rings. The van der Waals surface area contributed by atoms with E-state index in [-0.39, 0.29) is 5.75 Å². The molecule has 0 aromatic carbocycles. The number of nitrogens with two attached hydrogens (primary N) is 1. The van der Waals surface area contributed by atoms with Crippen molar-refractivity contribution in [3.8, 4) is 0 Å². The van der Waals surface area contributed by atoms with E-state index in [1.54, 1.807) is 12.3 Å². The van der Waals surface area contributed by atoms with Gasteiger partial charge in [0, 0.05) is 6.04 Å². The smallest absolute Gasteiger partial charge is 0.313 e. The molecular formula is C13H21NO3S. The zero-order chi connectivity index (χ0) is 13.2. The Hall–Kier alpha value is -0.940. The average molecular weight is 271 g/mol. The SMILES string of the molecule is NC1CCCCC1.O=C(O)CSCc1ccco1. The molecule has 2 rings (SSSR count). The van der Waals surface area contributed by atoms with Crippen molar-refractivity contribution in [3.05, 3.63) is 24.2 Å². The second-order valence-corrected chi connectivity index (χ2v) is 5.35. The van der Waals surface area contributed by atoms with E-state index in [2.05, 4.69) is 0 Å². The summed E-state index contributed by atoms with van der Waals surface area (Å²) in [6, 6.07) is 4.15. The van der Waals surface area contributed by atoms with Crippen molar-refractivity contribution in [3.63, 3.8) is 0 Å². The number of carbonyl (C=O) groups is 1. The fraction of sp³-hybridized carbons (Fsp3) is 0.615. The zero-order valence-corrected chi connectivity index (χ0v) is 11.3. The van der Waals surface area contributed by atoms with Gasteiger partial charge >= 0.3 is 5.97 Å². The van der Waals surface area contributed by atoms with Crippen molar-refractivity contribution < 1.29 is 14.3 Å². The molecule has 102 valence electrons. The molecule has 0 bridgehead atoms. The maximum Gasteiger partial charge on any atom is 0.313 e. The quantitative estimate of drug-likeness (QED) is 0.880. The molecule has 5 heteroatoms. The molecule has 0 amide bonds. The first-order valence-electron chi connectivity index (χ1n) is 6.26. The Morgan fingerprint density at radius 1 is 1.44 bits per heavy atom. The fourth-order valence-electron chi connectivity index (χ4n) is 1.77. The van der Waals surface area contributed by atoms with E-state index in [1.165, 1.54) is 43.9 Å². The second kappa shape index (κ2) is 9.05. The van der Waals surface area contributed by atoms with Crippen LogP contribution in [0.5, 0.6) is 0 Å². The Bertz CT molecular complexity index is 321. The van der Waals surface area contributed by atoms with Crippen molar-refractivity contribution in [2.24, 2.45) is 5.73 Å². The van der Waals surface area contributed by atoms with Crippen LogP contribution in [-0.2, 0) is 10.5 Å². The molecular weight excluding hydrogens is 250 g/mol. The zero-order valence-electron chi connectivity index (χ0n) is 10.5. The lowest BCUT2D eigenvalue weighted by Crippen LogP contribution is -2.22. The number of furan rings is 1. The Morgan fingerprint density at radius 2 is 2.17 bits per heavy atom. The minimum absolute atomic E-state index is 0.126. The van der Waals surface area contributed by atoms with Gasteiger partial charge < -0.3 is 15.3 Å². The van der Waals surface area contributed by atoms with Gasteiger partial charge in [-0.25, -0.2) is 0 Å². The molecule has 1 heterocycles. The standard InChI is InChI=1S/C7H8O3S.C6H13N/c8-7(9)5-11-4-6-2-1-3-10-6;7-6-4-2-1-3-5-6/h1-3H,4-5H2,(H,8,9);6H,1-5,7H2. The van der Waals surface area contributed by atoms with Crippen molar-refractivity contribution in [1.82, 2.24) is 0 Å². The molecule has 0 aliphatic heterocycles. The minimum Gasteiger partial charge on any atom is -0.481 e. The highest BCUT2D eigenvalue weighted by Gasteiger charge is 2.06. The summed E-state index contributed by atoms with van der Waals surface area (Å²) in [6.45, 7) is 0. The molecule has 0 atom stereocenters. The third-order valence-corrected chi connectivity index (χ3v) is 3.64. The Labute approximate surface area is 112 Å². The number of carboxylic acids is 1. The van der Waals surface area contributed by atoms with Gasteiger partial charge in [0.25, 0.3) is 0 Å². The lowest BCUT2D eigenvalue weighted by Gasteiger charge is -2.15.